The first-order valence-corrected chi connectivity index (χ1v) is 6.04. The SMILES string of the molecule is CC[C@H]1O[C@@H](n2ccc(N)nc2=O)C(C)[C@@H]1C. The van der Waals surface area contributed by atoms with Crippen LogP contribution >= 0.6 is 0 Å². The lowest BCUT2D eigenvalue weighted by Crippen LogP contribution is -2.29. The highest BCUT2D eigenvalue weighted by Gasteiger charge is 2.39. The van der Waals surface area contributed by atoms with Crippen LogP contribution in [0.25, 0.3) is 0 Å². The molecule has 0 amide bonds. The fourth-order valence-corrected chi connectivity index (χ4v) is 2.43. The quantitative estimate of drug-likeness (QED) is 0.844. The van der Waals surface area contributed by atoms with Gasteiger partial charge in [0.15, 0.2) is 0 Å². The number of hydrogen-bond donors (Lipinski definition) is 1. The minimum atomic E-state index is -0.342. The molecule has 1 fully saturated rings. The zero-order valence-electron chi connectivity index (χ0n) is 10.5. The van der Waals surface area contributed by atoms with Crippen molar-refractivity contribution in [2.45, 2.75) is 39.5 Å². The van der Waals surface area contributed by atoms with Gasteiger partial charge in [-0.1, -0.05) is 20.8 Å². The Morgan fingerprint density at radius 3 is 2.71 bits per heavy atom. The number of ether oxygens (including phenoxy) is 1. The van der Waals surface area contributed by atoms with Gasteiger partial charge in [0.05, 0.1) is 6.10 Å². The van der Waals surface area contributed by atoms with E-state index in [0.29, 0.717) is 11.8 Å². The third-order valence-corrected chi connectivity index (χ3v) is 3.71. The molecule has 17 heavy (non-hydrogen) atoms. The third kappa shape index (κ3) is 2.07. The summed E-state index contributed by atoms with van der Waals surface area (Å²) in [6.07, 6.45) is 2.60. The molecule has 1 saturated heterocycles. The molecule has 0 aromatic carbocycles. The van der Waals surface area contributed by atoms with Gasteiger partial charge in [-0.3, -0.25) is 4.57 Å². The molecule has 0 radical (unpaired) electrons. The van der Waals surface area contributed by atoms with Crippen molar-refractivity contribution in [3.05, 3.63) is 22.7 Å². The van der Waals surface area contributed by atoms with Crippen LogP contribution in [0, 0.1) is 11.8 Å². The van der Waals surface area contributed by atoms with Gasteiger partial charge in [0.1, 0.15) is 12.0 Å². The van der Waals surface area contributed by atoms with Gasteiger partial charge in [-0.05, 0) is 18.4 Å². The molecule has 1 aliphatic heterocycles. The number of nitrogens with two attached hydrogens (primary N) is 1. The molecule has 0 saturated carbocycles. The van der Waals surface area contributed by atoms with Crippen molar-refractivity contribution in [1.82, 2.24) is 9.55 Å². The maximum Gasteiger partial charge on any atom is 0.351 e. The summed E-state index contributed by atoms with van der Waals surface area (Å²) in [5.41, 5.74) is 5.13. The van der Waals surface area contributed by atoms with E-state index < -0.39 is 0 Å². The first-order chi connectivity index (χ1) is 8.04. The Hall–Kier alpha value is -1.36. The van der Waals surface area contributed by atoms with Gasteiger partial charge in [-0.2, -0.15) is 4.98 Å². The van der Waals surface area contributed by atoms with E-state index in [9.17, 15) is 4.79 Å². The predicted molar refractivity (Wildman–Crippen MR) is 65.4 cm³/mol. The Morgan fingerprint density at radius 2 is 2.18 bits per heavy atom. The number of rotatable bonds is 2. The van der Waals surface area contributed by atoms with E-state index in [0.717, 1.165) is 6.42 Å². The van der Waals surface area contributed by atoms with Gasteiger partial charge >= 0.3 is 5.69 Å². The van der Waals surface area contributed by atoms with E-state index in [-0.39, 0.29) is 23.8 Å². The topological polar surface area (TPSA) is 70.1 Å². The number of aromatic nitrogens is 2. The molecule has 2 N–H and O–H groups in total. The highest BCUT2D eigenvalue weighted by Crippen LogP contribution is 2.39. The second kappa shape index (κ2) is 4.49. The zero-order valence-corrected chi connectivity index (χ0v) is 10.5. The van der Waals surface area contributed by atoms with Crippen LogP contribution in [0.3, 0.4) is 0 Å². The van der Waals surface area contributed by atoms with Crippen molar-refractivity contribution in [3.8, 4) is 0 Å². The summed E-state index contributed by atoms with van der Waals surface area (Å²) < 4.78 is 7.46. The van der Waals surface area contributed by atoms with E-state index in [4.69, 9.17) is 10.5 Å². The fourth-order valence-electron chi connectivity index (χ4n) is 2.43. The van der Waals surface area contributed by atoms with E-state index >= 15 is 0 Å². The van der Waals surface area contributed by atoms with Crippen molar-refractivity contribution in [2.75, 3.05) is 5.73 Å². The Labute approximate surface area is 101 Å². The van der Waals surface area contributed by atoms with Gasteiger partial charge in [-0.15, -0.1) is 0 Å². The lowest BCUT2D eigenvalue weighted by Gasteiger charge is -2.18. The summed E-state index contributed by atoms with van der Waals surface area (Å²) in [5, 5.41) is 0. The van der Waals surface area contributed by atoms with Crippen LogP contribution in [0.1, 0.15) is 33.4 Å². The molecular formula is C12H19N3O2. The van der Waals surface area contributed by atoms with Crippen LogP contribution in [-0.2, 0) is 4.74 Å². The maximum absolute atomic E-state index is 11.8. The highest BCUT2D eigenvalue weighted by molar-refractivity contribution is 5.23. The van der Waals surface area contributed by atoms with Gasteiger partial charge in [-0.25, -0.2) is 4.79 Å². The summed E-state index contributed by atoms with van der Waals surface area (Å²) in [6, 6.07) is 1.63. The van der Waals surface area contributed by atoms with Crippen LogP contribution in [0.4, 0.5) is 5.82 Å². The number of hydrogen-bond acceptors (Lipinski definition) is 4. The number of nitrogens with zero attached hydrogens (tertiary/aromatic N) is 2. The van der Waals surface area contributed by atoms with Crippen LogP contribution in [-0.4, -0.2) is 15.7 Å². The van der Waals surface area contributed by atoms with Crippen molar-refractivity contribution in [3.63, 3.8) is 0 Å². The molecular weight excluding hydrogens is 218 g/mol. The van der Waals surface area contributed by atoms with Gasteiger partial charge < -0.3 is 10.5 Å². The van der Waals surface area contributed by atoms with Crippen molar-refractivity contribution >= 4 is 5.82 Å². The van der Waals surface area contributed by atoms with E-state index in [2.05, 4.69) is 25.8 Å². The molecule has 5 nitrogen and oxygen atoms in total. The first kappa shape index (κ1) is 12.1. The van der Waals surface area contributed by atoms with E-state index in [1.807, 2.05) is 0 Å². The van der Waals surface area contributed by atoms with E-state index in [1.54, 1.807) is 12.3 Å². The van der Waals surface area contributed by atoms with Gasteiger partial charge in [0.25, 0.3) is 0 Å². The lowest BCUT2D eigenvalue weighted by atomic mass is 9.91. The lowest BCUT2D eigenvalue weighted by molar-refractivity contribution is -0.0167. The Bertz CT molecular complexity index is 457. The minimum absolute atomic E-state index is 0.208. The smallest absolute Gasteiger partial charge is 0.351 e. The summed E-state index contributed by atoms with van der Waals surface area (Å²) in [4.78, 5) is 15.5. The van der Waals surface area contributed by atoms with Crippen molar-refractivity contribution in [1.29, 1.82) is 0 Å². The monoisotopic (exact) mass is 237 g/mol. The van der Waals surface area contributed by atoms with E-state index in [1.165, 1.54) is 4.57 Å². The Kier molecular flexibility index (Phi) is 3.19. The van der Waals surface area contributed by atoms with Crippen molar-refractivity contribution in [2.24, 2.45) is 11.8 Å². The first-order valence-electron chi connectivity index (χ1n) is 6.04. The maximum atomic E-state index is 11.8. The molecule has 94 valence electrons. The van der Waals surface area contributed by atoms with Crippen LogP contribution in [0.15, 0.2) is 17.1 Å². The zero-order chi connectivity index (χ0) is 12.6. The second-order valence-corrected chi connectivity index (χ2v) is 4.73. The molecule has 1 aromatic rings. The van der Waals surface area contributed by atoms with Crippen LogP contribution in [0.2, 0.25) is 0 Å². The average Bonchev–Trinajstić information content (AvgIpc) is 2.57. The molecule has 2 rings (SSSR count). The van der Waals surface area contributed by atoms with Gasteiger partial charge in [0, 0.05) is 12.1 Å². The molecule has 0 spiro atoms. The molecule has 0 bridgehead atoms. The van der Waals surface area contributed by atoms with Gasteiger partial charge in [0.2, 0.25) is 0 Å². The molecule has 1 unspecified atom stereocenters. The minimum Gasteiger partial charge on any atom is -0.383 e. The fraction of sp³-hybridized carbons (Fsp3) is 0.667. The standard InChI is InChI=1S/C12H19N3O2/c1-4-9-7(2)8(3)11(17-9)15-6-5-10(13)14-12(15)16/h5-9,11H,4H2,1-3H3,(H2,13,14,16)/t7-,8?,9+,11+/m0/s1. The third-order valence-electron chi connectivity index (χ3n) is 3.71. The summed E-state index contributed by atoms with van der Waals surface area (Å²) in [5.74, 6) is 0.981. The van der Waals surface area contributed by atoms with Crippen LogP contribution in [0.5, 0.6) is 0 Å². The summed E-state index contributed by atoms with van der Waals surface area (Å²) in [6.45, 7) is 6.36. The Morgan fingerprint density at radius 1 is 1.47 bits per heavy atom. The molecule has 5 heteroatoms. The molecule has 0 aliphatic carbocycles. The molecule has 1 aromatic heterocycles. The molecule has 4 atom stereocenters. The molecule has 1 aliphatic rings. The number of anilines is 1. The predicted octanol–water partition coefficient (Wildman–Crippen LogP) is 1.41. The van der Waals surface area contributed by atoms with Crippen LogP contribution < -0.4 is 11.4 Å². The summed E-state index contributed by atoms with van der Waals surface area (Å²) >= 11 is 0. The Balaban J connectivity index is 2.32. The molecule has 2 heterocycles. The number of nitrogen functional groups attached to an aromatic ring is 1. The van der Waals surface area contributed by atoms with Crippen molar-refractivity contribution < 1.29 is 4.74 Å². The largest absolute Gasteiger partial charge is 0.383 e. The summed E-state index contributed by atoms with van der Waals surface area (Å²) in [7, 11) is 0. The second-order valence-electron chi connectivity index (χ2n) is 4.73. The highest BCUT2D eigenvalue weighted by atomic mass is 16.5. The average molecular weight is 237 g/mol. The normalized spacial score (nSPS) is 32.9.